The quantitative estimate of drug-likeness (QED) is 0.871. The summed E-state index contributed by atoms with van der Waals surface area (Å²) in [5.41, 5.74) is 2.47. The lowest BCUT2D eigenvalue weighted by Gasteiger charge is -2.31. The molecule has 1 heterocycles. The summed E-state index contributed by atoms with van der Waals surface area (Å²) < 4.78 is 0. The molecule has 21 heavy (non-hydrogen) atoms. The Morgan fingerprint density at radius 3 is 2.14 bits per heavy atom. The van der Waals surface area contributed by atoms with Crippen LogP contribution in [0.3, 0.4) is 0 Å². The minimum absolute atomic E-state index is 0.411. The predicted octanol–water partition coefficient (Wildman–Crippen LogP) is 3.81. The van der Waals surface area contributed by atoms with Crippen molar-refractivity contribution in [1.29, 1.82) is 0 Å². The van der Waals surface area contributed by atoms with Gasteiger partial charge in [-0.2, -0.15) is 0 Å². The van der Waals surface area contributed by atoms with E-state index in [4.69, 9.17) is 0 Å². The summed E-state index contributed by atoms with van der Waals surface area (Å²) in [7, 11) is 3.96. The Hall–Kier alpha value is -2.07. The molecule has 1 aromatic heterocycles. The maximum absolute atomic E-state index is 10.4. The molecular formula is C17H23N3O. The number of nitrogens with zero attached hydrogens (tertiary/aromatic N) is 3. The number of aromatic nitrogens is 1. The van der Waals surface area contributed by atoms with Crippen molar-refractivity contribution in [3.05, 3.63) is 42.5 Å². The van der Waals surface area contributed by atoms with Crippen molar-refractivity contribution in [2.45, 2.75) is 26.3 Å². The Labute approximate surface area is 126 Å². The van der Waals surface area contributed by atoms with Crippen LogP contribution in [0.1, 0.15) is 20.8 Å². The minimum Gasteiger partial charge on any atom is -0.377 e. The summed E-state index contributed by atoms with van der Waals surface area (Å²) in [6.45, 7) is 5.83. The third-order valence-electron chi connectivity index (χ3n) is 3.23. The molecule has 0 saturated carbocycles. The van der Waals surface area contributed by atoms with E-state index in [0.29, 0.717) is 5.82 Å². The van der Waals surface area contributed by atoms with Crippen molar-refractivity contribution in [2.24, 2.45) is 0 Å². The van der Waals surface area contributed by atoms with E-state index in [1.54, 1.807) is 0 Å². The van der Waals surface area contributed by atoms with Gasteiger partial charge in [-0.1, -0.05) is 30.3 Å². The van der Waals surface area contributed by atoms with Crippen molar-refractivity contribution in [3.63, 3.8) is 0 Å². The SMILES string of the molecule is CN(C)c1cc(-c2ccccc2)nc(N(O)C(C)(C)C)c1. The van der Waals surface area contributed by atoms with Crippen LogP contribution in [0.15, 0.2) is 42.5 Å². The van der Waals surface area contributed by atoms with Gasteiger partial charge in [-0.05, 0) is 26.8 Å². The van der Waals surface area contributed by atoms with Crippen molar-refractivity contribution in [3.8, 4) is 11.3 Å². The molecule has 0 spiro atoms. The zero-order chi connectivity index (χ0) is 15.6. The van der Waals surface area contributed by atoms with Gasteiger partial charge in [-0.25, -0.2) is 10.0 Å². The summed E-state index contributed by atoms with van der Waals surface area (Å²) >= 11 is 0. The highest BCUT2D eigenvalue weighted by Gasteiger charge is 2.22. The fourth-order valence-corrected chi connectivity index (χ4v) is 1.97. The van der Waals surface area contributed by atoms with Gasteiger partial charge in [-0.15, -0.1) is 0 Å². The number of hydroxylamine groups is 1. The molecule has 0 radical (unpaired) electrons. The van der Waals surface area contributed by atoms with E-state index >= 15 is 0 Å². The Morgan fingerprint density at radius 1 is 1.00 bits per heavy atom. The van der Waals surface area contributed by atoms with Crippen molar-refractivity contribution in [2.75, 3.05) is 24.1 Å². The van der Waals surface area contributed by atoms with Crippen LogP contribution in [0.5, 0.6) is 0 Å². The van der Waals surface area contributed by atoms with Crippen LogP contribution in [-0.2, 0) is 0 Å². The summed E-state index contributed by atoms with van der Waals surface area (Å²) in [6.07, 6.45) is 0. The molecule has 1 aromatic carbocycles. The van der Waals surface area contributed by atoms with Crippen molar-refractivity contribution >= 4 is 11.5 Å². The van der Waals surface area contributed by atoms with E-state index in [1.807, 2.05) is 82.2 Å². The molecule has 0 saturated heterocycles. The lowest BCUT2D eigenvalue weighted by molar-refractivity contribution is 0.178. The van der Waals surface area contributed by atoms with Crippen LogP contribution in [0.25, 0.3) is 11.3 Å². The van der Waals surface area contributed by atoms with E-state index < -0.39 is 5.54 Å². The Balaban J connectivity index is 2.55. The first kappa shape index (κ1) is 15.3. The van der Waals surface area contributed by atoms with Gasteiger partial charge in [0.2, 0.25) is 0 Å². The molecule has 0 amide bonds. The monoisotopic (exact) mass is 285 g/mol. The Bertz CT molecular complexity index is 603. The summed E-state index contributed by atoms with van der Waals surface area (Å²) in [5, 5.41) is 11.6. The van der Waals surface area contributed by atoms with Crippen LogP contribution in [0.4, 0.5) is 11.5 Å². The van der Waals surface area contributed by atoms with Crippen LogP contribution in [0.2, 0.25) is 0 Å². The summed E-state index contributed by atoms with van der Waals surface area (Å²) in [4.78, 5) is 6.61. The molecule has 4 heteroatoms. The summed E-state index contributed by atoms with van der Waals surface area (Å²) in [5.74, 6) is 0.549. The van der Waals surface area contributed by atoms with Gasteiger partial charge in [0, 0.05) is 31.4 Å². The molecule has 1 N–H and O–H groups in total. The van der Waals surface area contributed by atoms with E-state index in [9.17, 15) is 5.21 Å². The maximum Gasteiger partial charge on any atom is 0.155 e. The van der Waals surface area contributed by atoms with Crippen molar-refractivity contribution < 1.29 is 5.21 Å². The molecule has 112 valence electrons. The lowest BCUT2D eigenvalue weighted by atomic mass is 10.1. The van der Waals surface area contributed by atoms with Gasteiger partial charge in [0.25, 0.3) is 0 Å². The molecular weight excluding hydrogens is 262 g/mol. The zero-order valence-electron chi connectivity index (χ0n) is 13.3. The van der Waals surface area contributed by atoms with E-state index in [1.165, 1.54) is 5.06 Å². The first-order valence-corrected chi connectivity index (χ1v) is 7.03. The van der Waals surface area contributed by atoms with Gasteiger partial charge in [0.05, 0.1) is 11.2 Å². The highest BCUT2D eigenvalue weighted by atomic mass is 16.5. The highest BCUT2D eigenvalue weighted by Crippen LogP contribution is 2.29. The number of anilines is 2. The molecule has 2 aromatic rings. The summed E-state index contributed by atoms with van der Waals surface area (Å²) in [6, 6.07) is 13.9. The van der Waals surface area contributed by atoms with Crippen LogP contribution >= 0.6 is 0 Å². The molecule has 0 bridgehead atoms. The number of benzene rings is 1. The normalized spacial score (nSPS) is 11.3. The number of pyridine rings is 1. The Morgan fingerprint density at radius 2 is 1.62 bits per heavy atom. The van der Waals surface area contributed by atoms with Crippen LogP contribution in [-0.4, -0.2) is 29.8 Å². The van der Waals surface area contributed by atoms with Crippen LogP contribution < -0.4 is 9.96 Å². The number of rotatable bonds is 3. The second-order valence-electron chi connectivity index (χ2n) is 6.31. The molecule has 2 rings (SSSR count). The van der Waals surface area contributed by atoms with Crippen molar-refractivity contribution in [1.82, 2.24) is 4.98 Å². The second kappa shape index (κ2) is 5.74. The third kappa shape index (κ3) is 3.52. The smallest absolute Gasteiger partial charge is 0.155 e. The first-order chi connectivity index (χ1) is 9.79. The largest absolute Gasteiger partial charge is 0.377 e. The average Bonchev–Trinajstić information content (AvgIpc) is 2.46. The van der Waals surface area contributed by atoms with Gasteiger partial charge in [0.1, 0.15) is 0 Å². The lowest BCUT2D eigenvalue weighted by Crippen LogP contribution is -2.39. The highest BCUT2D eigenvalue weighted by molar-refractivity contribution is 5.68. The van der Waals surface area contributed by atoms with E-state index in [-0.39, 0.29) is 0 Å². The molecule has 4 nitrogen and oxygen atoms in total. The van der Waals surface area contributed by atoms with E-state index in [0.717, 1.165) is 16.9 Å². The molecule has 0 aliphatic carbocycles. The number of hydrogen-bond donors (Lipinski definition) is 1. The fourth-order valence-electron chi connectivity index (χ4n) is 1.97. The molecule has 0 fully saturated rings. The molecule has 0 aliphatic rings. The average molecular weight is 285 g/mol. The third-order valence-corrected chi connectivity index (χ3v) is 3.23. The molecule has 0 unspecified atom stereocenters. The number of hydrogen-bond acceptors (Lipinski definition) is 4. The minimum atomic E-state index is -0.411. The van der Waals surface area contributed by atoms with Gasteiger partial charge in [0.15, 0.2) is 5.82 Å². The van der Waals surface area contributed by atoms with Gasteiger partial charge >= 0.3 is 0 Å². The molecule has 0 aliphatic heterocycles. The van der Waals surface area contributed by atoms with Crippen LogP contribution in [0, 0.1) is 0 Å². The zero-order valence-corrected chi connectivity index (χ0v) is 13.3. The maximum atomic E-state index is 10.4. The second-order valence-corrected chi connectivity index (χ2v) is 6.31. The standard InChI is InChI=1S/C17H23N3O/c1-17(2,3)20(21)16-12-14(19(4)5)11-15(18-16)13-9-7-6-8-10-13/h6-12,21H,1-5H3. The van der Waals surface area contributed by atoms with Gasteiger partial charge in [-0.3, -0.25) is 5.21 Å². The van der Waals surface area contributed by atoms with E-state index in [2.05, 4.69) is 4.98 Å². The predicted molar refractivity (Wildman–Crippen MR) is 88.0 cm³/mol. The first-order valence-electron chi connectivity index (χ1n) is 7.03. The topological polar surface area (TPSA) is 39.6 Å². The Kier molecular flexibility index (Phi) is 4.19. The van der Waals surface area contributed by atoms with Gasteiger partial charge < -0.3 is 4.90 Å². The molecule has 0 atom stereocenters. The fraction of sp³-hybridized carbons (Fsp3) is 0.353.